The molecule has 238 valence electrons. The van der Waals surface area contributed by atoms with E-state index >= 15 is 0 Å². The molecule has 1 amide bonds. The Balaban J connectivity index is 1.71. The molecule has 0 aliphatic carbocycles. The second kappa shape index (κ2) is 13.1. The van der Waals surface area contributed by atoms with Crippen molar-refractivity contribution in [3.8, 4) is 17.3 Å². The van der Waals surface area contributed by atoms with Gasteiger partial charge in [0.15, 0.2) is 0 Å². The summed E-state index contributed by atoms with van der Waals surface area (Å²) in [7, 11) is -1.36. The van der Waals surface area contributed by atoms with Gasteiger partial charge in [0.1, 0.15) is 24.0 Å². The van der Waals surface area contributed by atoms with Crippen LogP contribution in [0.25, 0.3) is 22.2 Å². The zero-order chi connectivity index (χ0) is 32.4. The number of hydrogen-bond donors (Lipinski definition) is 1. The molecule has 1 fully saturated rings. The quantitative estimate of drug-likeness (QED) is 0.189. The zero-order valence-corrected chi connectivity index (χ0v) is 28.4. The molecule has 44 heavy (non-hydrogen) atoms. The highest BCUT2D eigenvalue weighted by atomic mass is 79.9. The molecular formula is C30H38BrF3N6O3Si. The van der Waals surface area contributed by atoms with E-state index in [0.717, 1.165) is 12.2 Å². The molecular weight excluding hydrogens is 657 g/mol. The molecule has 1 atom stereocenters. The molecule has 14 heteroatoms. The normalized spacial score (nSPS) is 16.2. The van der Waals surface area contributed by atoms with Crippen molar-refractivity contribution >= 4 is 46.9 Å². The van der Waals surface area contributed by atoms with E-state index in [9.17, 15) is 23.2 Å². The van der Waals surface area contributed by atoms with Crippen LogP contribution in [0.1, 0.15) is 44.7 Å². The van der Waals surface area contributed by atoms with Crippen LogP contribution in [0, 0.1) is 11.3 Å². The van der Waals surface area contributed by atoms with Crippen LogP contribution < -0.4 is 5.32 Å². The first-order chi connectivity index (χ1) is 20.5. The molecule has 0 radical (unpaired) electrons. The summed E-state index contributed by atoms with van der Waals surface area (Å²) in [6.07, 6.45) is -1.44. The number of halogens is 4. The Morgan fingerprint density at radius 3 is 2.61 bits per heavy atom. The molecule has 0 unspecified atom stereocenters. The first kappa shape index (κ1) is 33.7. The predicted molar refractivity (Wildman–Crippen MR) is 169 cm³/mol. The Morgan fingerprint density at radius 1 is 1.25 bits per heavy atom. The van der Waals surface area contributed by atoms with Crippen molar-refractivity contribution in [3.05, 3.63) is 40.1 Å². The summed E-state index contributed by atoms with van der Waals surface area (Å²) in [6, 6.07) is 5.95. The highest BCUT2D eigenvalue weighted by Crippen LogP contribution is 2.41. The van der Waals surface area contributed by atoms with Gasteiger partial charge in [-0.25, -0.2) is 14.8 Å². The minimum atomic E-state index is -4.72. The van der Waals surface area contributed by atoms with Gasteiger partial charge in [0.05, 0.1) is 21.2 Å². The number of ether oxygens (including phenoxy) is 2. The number of fused-ring (bicyclic) bond motifs is 1. The van der Waals surface area contributed by atoms with E-state index in [2.05, 4.69) is 56.9 Å². The number of nitrogens with one attached hydrogen (secondary N) is 1. The summed E-state index contributed by atoms with van der Waals surface area (Å²) in [5, 5.41) is 13.2. The SMILES string of the molecule is CC(C)(C)OC(=O)N1CCC[C@H](Nc2ncc(C(F)(F)F)c(-c3cn(COCC[Si](C)(C)C)c4c(Br)c(C#N)ccc34)n2)C1. The van der Waals surface area contributed by atoms with E-state index in [1.165, 1.54) is 0 Å². The lowest BCUT2D eigenvalue weighted by Gasteiger charge is -2.34. The molecule has 1 aliphatic rings. The molecule has 1 saturated heterocycles. The number of hydrogen-bond acceptors (Lipinski definition) is 7. The van der Waals surface area contributed by atoms with E-state index in [4.69, 9.17) is 9.47 Å². The molecule has 4 rings (SSSR count). The van der Waals surface area contributed by atoms with Crippen LogP contribution in [0.2, 0.25) is 25.7 Å². The smallest absolute Gasteiger partial charge is 0.419 e. The van der Waals surface area contributed by atoms with Gasteiger partial charge in [0.2, 0.25) is 5.95 Å². The summed E-state index contributed by atoms with van der Waals surface area (Å²) in [4.78, 5) is 22.6. The summed E-state index contributed by atoms with van der Waals surface area (Å²) >= 11 is 3.49. The maximum absolute atomic E-state index is 14.3. The molecule has 0 bridgehead atoms. The predicted octanol–water partition coefficient (Wildman–Crippen LogP) is 7.87. The number of anilines is 1. The van der Waals surface area contributed by atoms with E-state index in [-0.39, 0.29) is 30.0 Å². The minimum absolute atomic E-state index is 0.0176. The fraction of sp³-hybridized carbons (Fsp3) is 0.533. The van der Waals surface area contributed by atoms with E-state index in [1.54, 1.807) is 48.6 Å². The lowest BCUT2D eigenvalue weighted by Crippen LogP contribution is -2.47. The average molecular weight is 696 g/mol. The van der Waals surface area contributed by atoms with Crippen molar-refractivity contribution in [2.24, 2.45) is 0 Å². The Kier molecular flexibility index (Phi) is 10.0. The van der Waals surface area contributed by atoms with Crippen LogP contribution in [0.5, 0.6) is 0 Å². The lowest BCUT2D eigenvalue weighted by molar-refractivity contribution is -0.137. The standard InChI is InChI=1S/C30H38BrF3N6O3Si/c1-29(2,3)43-28(41)39-11-7-8-20(16-39)37-27-36-15-23(30(32,33)34)25(38-27)22-17-40(18-42-12-13-44(4,5)6)26-21(22)10-9-19(14-35)24(26)31/h9-10,15,17,20H,7-8,11-13,16,18H2,1-6H3,(H,36,37,38)/t20-/m0/s1. The number of nitriles is 1. The van der Waals surface area contributed by atoms with Gasteiger partial charge in [0, 0.05) is 57.2 Å². The van der Waals surface area contributed by atoms with Crippen LogP contribution in [0.3, 0.4) is 0 Å². The molecule has 2 aromatic heterocycles. The van der Waals surface area contributed by atoms with Crippen LogP contribution in [-0.2, 0) is 22.4 Å². The first-order valence-electron chi connectivity index (χ1n) is 14.4. The van der Waals surface area contributed by atoms with Gasteiger partial charge < -0.3 is 24.3 Å². The Morgan fingerprint density at radius 2 is 1.98 bits per heavy atom. The van der Waals surface area contributed by atoms with E-state index < -0.39 is 31.5 Å². The van der Waals surface area contributed by atoms with E-state index in [1.807, 2.05) is 0 Å². The van der Waals surface area contributed by atoms with Crippen LogP contribution in [0.4, 0.5) is 23.9 Å². The van der Waals surface area contributed by atoms with Crippen molar-refractivity contribution in [2.45, 2.75) is 83.8 Å². The summed E-state index contributed by atoms with van der Waals surface area (Å²) in [5.41, 5.74) is -0.814. The van der Waals surface area contributed by atoms with Gasteiger partial charge in [-0.05, 0) is 61.7 Å². The number of benzene rings is 1. The highest BCUT2D eigenvalue weighted by Gasteiger charge is 2.37. The van der Waals surface area contributed by atoms with Gasteiger partial charge in [-0.2, -0.15) is 18.4 Å². The molecule has 1 N–H and O–H groups in total. The molecule has 3 heterocycles. The molecule has 0 saturated carbocycles. The monoisotopic (exact) mass is 694 g/mol. The van der Waals surface area contributed by atoms with Gasteiger partial charge in [-0.3, -0.25) is 0 Å². The zero-order valence-electron chi connectivity index (χ0n) is 25.8. The number of likely N-dealkylation sites (tertiary alicyclic amines) is 1. The van der Waals surface area contributed by atoms with E-state index in [0.29, 0.717) is 53.5 Å². The summed E-state index contributed by atoms with van der Waals surface area (Å²) in [5.74, 6) is 0.0176. The third kappa shape index (κ3) is 8.31. The molecule has 1 aromatic carbocycles. The number of alkyl halides is 3. The third-order valence-corrected chi connectivity index (χ3v) is 9.59. The number of rotatable bonds is 8. The first-order valence-corrected chi connectivity index (χ1v) is 18.9. The number of amides is 1. The van der Waals surface area contributed by atoms with Crippen molar-refractivity contribution in [1.82, 2.24) is 19.4 Å². The van der Waals surface area contributed by atoms with Crippen molar-refractivity contribution in [2.75, 3.05) is 25.0 Å². The maximum atomic E-state index is 14.3. The lowest BCUT2D eigenvalue weighted by atomic mass is 10.0. The van der Waals surface area contributed by atoms with Gasteiger partial charge in [-0.15, -0.1) is 0 Å². The van der Waals surface area contributed by atoms with Crippen molar-refractivity contribution < 1.29 is 27.4 Å². The number of nitrogens with zero attached hydrogens (tertiary/aromatic N) is 5. The fourth-order valence-electron chi connectivity index (χ4n) is 4.90. The fourth-order valence-corrected chi connectivity index (χ4v) is 6.32. The Hall–Kier alpha value is -3.15. The van der Waals surface area contributed by atoms with Gasteiger partial charge in [0.25, 0.3) is 0 Å². The molecule has 1 aliphatic heterocycles. The highest BCUT2D eigenvalue weighted by molar-refractivity contribution is 9.10. The second-order valence-electron chi connectivity index (χ2n) is 13.2. The number of aromatic nitrogens is 3. The largest absolute Gasteiger partial charge is 0.444 e. The number of carbonyl (C=O) groups excluding carboxylic acids is 1. The van der Waals surface area contributed by atoms with Crippen LogP contribution in [-0.4, -0.2) is 64.9 Å². The average Bonchev–Trinajstić information content (AvgIpc) is 3.28. The topological polar surface area (TPSA) is 105 Å². The summed E-state index contributed by atoms with van der Waals surface area (Å²) in [6.45, 7) is 13.5. The maximum Gasteiger partial charge on any atom is 0.419 e. The second-order valence-corrected chi connectivity index (χ2v) is 19.6. The van der Waals surface area contributed by atoms with Gasteiger partial charge in [-0.1, -0.05) is 25.7 Å². The molecule has 9 nitrogen and oxygen atoms in total. The number of piperidine rings is 1. The van der Waals surface area contributed by atoms with Crippen LogP contribution in [0.15, 0.2) is 29.0 Å². The van der Waals surface area contributed by atoms with Crippen molar-refractivity contribution in [3.63, 3.8) is 0 Å². The number of carbonyl (C=O) groups is 1. The Bertz CT molecular complexity index is 1560. The van der Waals surface area contributed by atoms with Crippen molar-refractivity contribution in [1.29, 1.82) is 5.26 Å². The van der Waals surface area contributed by atoms with Crippen LogP contribution >= 0.6 is 15.9 Å². The third-order valence-electron chi connectivity index (χ3n) is 7.08. The molecule has 0 spiro atoms. The molecule has 3 aromatic rings. The minimum Gasteiger partial charge on any atom is -0.444 e. The Labute approximate surface area is 264 Å². The van der Waals surface area contributed by atoms with Gasteiger partial charge >= 0.3 is 12.3 Å². The summed E-state index contributed by atoms with van der Waals surface area (Å²) < 4.78 is 56.6.